The Morgan fingerprint density at radius 1 is 0.966 bits per heavy atom. The molecule has 2 saturated carbocycles. The highest BCUT2D eigenvalue weighted by Gasteiger charge is 2.57. The lowest BCUT2D eigenvalue weighted by molar-refractivity contribution is -0.148. The van der Waals surface area contributed by atoms with Crippen LogP contribution in [-0.4, -0.2) is 85.8 Å². The topological polar surface area (TPSA) is 167 Å². The number of hydrogen-bond donors (Lipinski definition) is 4. The summed E-state index contributed by atoms with van der Waals surface area (Å²) in [5, 5.41) is 24.1. The van der Waals surface area contributed by atoms with Crippen LogP contribution in [0, 0.1) is 17.8 Å². The Labute approximate surface area is 344 Å². The maximum absolute atomic E-state index is 14.1. The first-order chi connectivity index (χ1) is 28.4. The van der Waals surface area contributed by atoms with Crippen molar-refractivity contribution < 1.29 is 24.3 Å². The molecule has 0 radical (unpaired) electrons. The van der Waals surface area contributed by atoms with E-state index >= 15 is 0 Å². The normalized spacial score (nSPS) is 23.2. The Morgan fingerprint density at radius 2 is 1.76 bits per heavy atom. The molecular weight excluding hydrogens is 747 g/mol. The molecule has 2 aromatic heterocycles. The molecule has 2 aromatic carbocycles. The number of aryl methyl sites for hydroxylation is 1. The summed E-state index contributed by atoms with van der Waals surface area (Å²) in [6, 6.07) is 14.0. The highest BCUT2D eigenvalue weighted by atomic mass is 16.4. The Kier molecular flexibility index (Phi) is 10.2. The van der Waals surface area contributed by atoms with Gasteiger partial charge in [0.1, 0.15) is 0 Å². The highest BCUT2D eigenvalue weighted by molar-refractivity contribution is 6.07. The van der Waals surface area contributed by atoms with Crippen molar-refractivity contribution in [2.24, 2.45) is 17.9 Å². The summed E-state index contributed by atoms with van der Waals surface area (Å²) in [5.41, 5.74) is 8.77. The van der Waals surface area contributed by atoms with Gasteiger partial charge in [-0.15, -0.1) is 0 Å². The molecule has 2 fully saturated rings. The lowest BCUT2D eigenvalue weighted by atomic mass is 9.80. The molecule has 310 valence electrons. The van der Waals surface area contributed by atoms with E-state index in [1.807, 2.05) is 58.5 Å². The number of carboxylic acids is 1. The van der Waals surface area contributed by atoms with Crippen molar-refractivity contribution in [3.05, 3.63) is 82.2 Å². The number of imidazole rings is 1. The molecule has 5 aliphatic rings. The lowest BCUT2D eigenvalue weighted by Gasteiger charge is -2.32. The van der Waals surface area contributed by atoms with Crippen LogP contribution < -0.4 is 20.9 Å². The van der Waals surface area contributed by atoms with E-state index in [0.29, 0.717) is 49.8 Å². The minimum absolute atomic E-state index is 0.0542. The van der Waals surface area contributed by atoms with E-state index in [0.717, 1.165) is 122 Å². The van der Waals surface area contributed by atoms with Gasteiger partial charge in [-0.2, -0.15) is 5.10 Å². The zero-order valence-electron chi connectivity index (χ0n) is 34.4. The zero-order chi connectivity index (χ0) is 41.1. The number of rotatable bonds is 12. The molecule has 2 aliphatic carbocycles. The summed E-state index contributed by atoms with van der Waals surface area (Å²) in [5.74, 6) is -0.650. The predicted octanol–water partition coefficient (Wildman–Crippen LogP) is 5.39. The van der Waals surface area contributed by atoms with E-state index in [-0.39, 0.29) is 29.2 Å². The fourth-order valence-corrected chi connectivity index (χ4v) is 10.9. The Bertz CT molecular complexity index is 2340. The summed E-state index contributed by atoms with van der Waals surface area (Å²) in [6.07, 6.45) is 8.87. The number of carbonyl (C=O) groups is 4. The van der Waals surface area contributed by atoms with Crippen molar-refractivity contribution in [1.29, 1.82) is 0 Å². The van der Waals surface area contributed by atoms with Crippen molar-refractivity contribution in [3.8, 4) is 11.1 Å². The molecule has 1 atom stereocenters. The van der Waals surface area contributed by atoms with E-state index in [1.165, 1.54) is 6.92 Å². The number of nitrogens with zero attached hydrogens (tertiary/aromatic N) is 6. The largest absolute Gasteiger partial charge is 0.481 e. The first kappa shape index (κ1) is 39.1. The molecule has 14 heteroatoms. The molecule has 1 unspecified atom stereocenters. The highest BCUT2D eigenvalue weighted by Crippen LogP contribution is 2.63. The van der Waals surface area contributed by atoms with Gasteiger partial charge in [0.2, 0.25) is 5.91 Å². The number of aromatic nitrogens is 4. The average Bonchev–Trinajstić information content (AvgIpc) is 4.07. The first-order valence-electron chi connectivity index (χ1n) is 21.4. The number of amides is 3. The van der Waals surface area contributed by atoms with E-state index in [4.69, 9.17) is 10.1 Å². The van der Waals surface area contributed by atoms with Gasteiger partial charge in [-0.25, -0.2) is 4.98 Å². The van der Waals surface area contributed by atoms with Crippen LogP contribution in [0.4, 0.5) is 11.4 Å². The van der Waals surface area contributed by atoms with Crippen LogP contribution in [0.25, 0.3) is 11.1 Å². The summed E-state index contributed by atoms with van der Waals surface area (Å²) < 4.78 is 3.88. The zero-order valence-corrected chi connectivity index (χ0v) is 34.4. The fourth-order valence-electron chi connectivity index (χ4n) is 10.9. The number of carbonyl (C=O) groups excluding carboxylic acids is 3. The SMILES string of the molecule is CC(=O)NCCNC1CCCn2nc(C(=O)N3CCc4c(-c5cccc(NC(=O)c6nc7c(n6C)CCN(CCC68CCC(C(=O)O)(CC6)C8)C7)c5C)cccc43)cc21. The second-order valence-electron chi connectivity index (χ2n) is 17.7. The fraction of sp³-hybridized carbons (Fsp3) is 0.511. The Morgan fingerprint density at radius 3 is 2.54 bits per heavy atom. The average molecular weight is 802 g/mol. The first-order valence-corrected chi connectivity index (χ1v) is 21.4. The van der Waals surface area contributed by atoms with Crippen LogP contribution in [0.1, 0.15) is 114 Å². The number of carboxylic acid groups (broad SMARTS) is 1. The molecule has 0 saturated heterocycles. The van der Waals surface area contributed by atoms with Gasteiger partial charge in [-0.05, 0) is 117 Å². The van der Waals surface area contributed by atoms with Crippen LogP contribution in [-0.2, 0) is 42.6 Å². The summed E-state index contributed by atoms with van der Waals surface area (Å²) in [7, 11) is 1.92. The standard InChI is InChI=1S/C45H55N9O5/c1-28-30(31-8-5-11-37-32(31)12-23-53(37)42(57)35-25-39-34(10-6-21-54(39)50-35)47-20-19-46-29(2)55)7-4-9-33(28)49-41(56)40-48-36-26-52(22-13-38(36)51(40)3)24-18-44-14-16-45(27-44,17-15-44)43(58)59/h4-5,7-9,11,25,34,47H,6,10,12-24,26-27H2,1-3H3,(H,46,55)(H,49,56)(H,58,59). The molecule has 5 heterocycles. The Hall–Kier alpha value is -5.34. The third-order valence-electron chi connectivity index (χ3n) is 14.2. The Balaban J connectivity index is 0.871. The van der Waals surface area contributed by atoms with Gasteiger partial charge in [0.15, 0.2) is 11.5 Å². The summed E-state index contributed by atoms with van der Waals surface area (Å²) in [6.45, 7) is 8.52. The molecule has 0 spiro atoms. The van der Waals surface area contributed by atoms with Crippen LogP contribution in [0.15, 0.2) is 42.5 Å². The van der Waals surface area contributed by atoms with Crippen molar-refractivity contribution in [2.45, 2.75) is 97.2 Å². The third-order valence-corrected chi connectivity index (χ3v) is 14.2. The van der Waals surface area contributed by atoms with Crippen molar-refractivity contribution in [1.82, 2.24) is 34.9 Å². The minimum Gasteiger partial charge on any atom is -0.481 e. The van der Waals surface area contributed by atoms with Gasteiger partial charge in [-0.3, -0.25) is 28.8 Å². The van der Waals surface area contributed by atoms with Gasteiger partial charge in [-0.1, -0.05) is 24.3 Å². The number of anilines is 2. The van der Waals surface area contributed by atoms with Gasteiger partial charge < -0.3 is 30.5 Å². The number of benzene rings is 2. The van der Waals surface area contributed by atoms with Gasteiger partial charge in [0, 0.05) is 82.8 Å². The van der Waals surface area contributed by atoms with E-state index in [1.54, 1.807) is 0 Å². The number of aliphatic carboxylic acids is 1. The van der Waals surface area contributed by atoms with Crippen molar-refractivity contribution in [2.75, 3.05) is 42.9 Å². The van der Waals surface area contributed by atoms with Crippen LogP contribution >= 0.6 is 0 Å². The molecule has 2 bridgehead atoms. The smallest absolute Gasteiger partial charge is 0.309 e. The van der Waals surface area contributed by atoms with Crippen molar-refractivity contribution >= 4 is 35.1 Å². The molecule has 3 amide bonds. The second kappa shape index (κ2) is 15.4. The summed E-state index contributed by atoms with van der Waals surface area (Å²) >= 11 is 0. The maximum Gasteiger partial charge on any atom is 0.309 e. The molecule has 14 nitrogen and oxygen atoms in total. The van der Waals surface area contributed by atoms with Gasteiger partial charge in [0.25, 0.3) is 11.8 Å². The third kappa shape index (κ3) is 7.13. The molecular formula is C45H55N9O5. The lowest BCUT2D eigenvalue weighted by Crippen LogP contribution is -2.34. The van der Waals surface area contributed by atoms with E-state index in [2.05, 4.69) is 33.0 Å². The monoisotopic (exact) mass is 801 g/mol. The minimum atomic E-state index is -0.616. The van der Waals surface area contributed by atoms with Crippen LogP contribution in [0.2, 0.25) is 0 Å². The van der Waals surface area contributed by atoms with Gasteiger partial charge in [0.05, 0.1) is 16.8 Å². The predicted molar refractivity (Wildman–Crippen MR) is 223 cm³/mol. The van der Waals surface area contributed by atoms with Crippen molar-refractivity contribution in [3.63, 3.8) is 0 Å². The van der Waals surface area contributed by atoms with E-state index < -0.39 is 11.4 Å². The van der Waals surface area contributed by atoms with Crippen LogP contribution in [0.5, 0.6) is 0 Å². The van der Waals surface area contributed by atoms with Crippen LogP contribution in [0.3, 0.4) is 0 Å². The number of nitrogens with one attached hydrogen (secondary N) is 3. The van der Waals surface area contributed by atoms with Gasteiger partial charge >= 0.3 is 5.97 Å². The van der Waals surface area contributed by atoms with E-state index in [9.17, 15) is 24.3 Å². The second-order valence-corrected chi connectivity index (χ2v) is 17.7. The summed E-state index contributed by atoms with van der Waals surface area (Å²) in [4.78, 5) is 60.4. The molecule has 59 heavy (non-hydrogen) atoms. The molecule has 9 rings (SSSR count). The number of fused-ring (bicyclic) bond motifs is 5. The molecule has 4 N–H and O–H groups in total. The molecule has 3 aliphatic heterocycles. The maximum atomic E-state index is 14.1. The molecule has 4 aromatic rings. The number of hydrogen-bond acceptors (Lipinski definition) is 8. The quantitative estimate of drug-likeness (QED) is 0.138.